The zero-order valence-corrected chi connectivity index (χ0v) is 15.7. The standard InChI is InChI=1S/C22H20FN3O3/c23-16-3-7-19(8-4-16)29-18-5-1-15(2-6-18)20-13-17(14-21(25-20)22(24)27)26-9-11-28-12-10-26/h1-8,13-14H,9-12H2,(H2,24,27). The number of halogens is 1. The maximum absolute atomic E-state index is 13.0. The number of nitrogens with two attached hydrogens (primary N) is 1. The molecule has 1 aliphatic rings. The number of morpholine rings is 1. The summed E-state index contributed by atoms with van der Waals surface area (Å²) >= 11 is 0. The molecule has 1 amide bonds. The van der Waals surface area contributed by atoms with Crippen molar-refractivity contribution in [1.29, 1.82) is 0 Å². The Morgan fingerprint density at radius 1 is 1.00 bits per heavy atom. The van der Waals surface area contributed by atoms with E-state index in [-0.39, 0.29) is 11.5 Å². The summed E-state index contributed by atoms with van der Waals surface area (Å²) in [6.07, 6.45) is 0. The summed E-state index contributed by atoms with van der Waals surface area (Å²) in [5.74, 6) is 0.268. The second-order valence-corrected chi connectivity index (χ2v) is 6.64. The second kappa shape index (κ2) is 8.28. The van der Waals surface area contributed by atoms with Crippen molar-refractivity contribution in [3.05, 3.63) is 72.2 Å². The van der Waals surface area contributed by atoms with Gasteiger partial charge in [0.25, 0.3) is 5.91 Å². The van der Waals surface area contributed by atoms with E-state index in [4.69, 9.17) is 15.2 Å². The fourth-order valence-corrected chi connectivity index (χ4v) is 3.13. The van der Waals surface area contributed by atoms with Crippen LogP contribution in [-0.2, 0) is 4.74 Å². The van der Waals surface area contributed by atoms with Gasteiger partial charge in [-0.15, -0.1) is 0 Å². The van der Waals surface area contributed by atoms with Crippen LogP contribution < -0.4 is 15.4 Å². The average molecular weight is 393 g/mol. The van der Waals surface area contributed by atoms with E-state index in [0.717, 1.165) is 24.3 Å². The van der Waals surface area contributed by atoms with Gasteiger partial charge in [0.15, 0.2) is 0 Å². The van der Waals surface area contributed by atoms with E-state index < -0.39 is 5.91 Å². The predicted molar refractivity (Wildman–Crippen MR) is 108 cm³/mol. The van der Waals surface area contributed by atoms with Gasteiger partial charge in [-0.3, -0.25) is 4.79 Å². The Morgan fingerprint density at radius 3 is 2.24 bits per heavy atom. The number of hydrogen-bond donors (Lipinski definition) is 1. The van der Waals surface area contributed by atoms with Gasteiger partial charge in [0, 0.05) is 24.3 Å². The van der Waals surface area contributed by atoms with E-state index in [9.17, 15) is 9.18 Å². The lowest BCUT2D eigenvalue weighted by Crippen LogP contribution is -2.36. The van der Waals surface area contributed by atoms with Crippen molar-refractivity contribution in [2.24, 2.45) is 5.73 Å². The van der Waals surface area contributed by atoms with Gasteiger partial charge in [-0.25, -0.2) is 9.37 Å². The van der Waals surface area contributed by atoms with E-state index in [1.54, 1.807) is 30.3 Å². The first-order valence-corrected chi connectivity index (χ1v) is 9.27. The fourth-order valence-electron chi connectivity index (χ4n) is 3.13. The maximum Gasteiger partial charge on any atom is 0.267 e. The minimum Gasteiger partial charge on any atom is -0.457 e. The second-order valence-electron chi connectivity index (χ2n) is 6.64. The summed E-state index contributed by atoms with van der Waals surface area (Å²) in [6.45, 7) is 2.76. The van der Waals surface area contributed by atoms with Crippen molar-refractivity contribution < 1.29 is 18.7 Å². The molecule has 6 nitrogen and oxygen atoms in total. The molecule has 4 rings (SSSR count). The van der Waals surface area contributed by atoms with E-state index in [1.165, 1.54) is 12.1 Å². The van der Waals surface area contributed by atoms with Crippen molar-refractivity contribution in [1.82, 2.24) is 4.98 Å². The summed E-state index contributed by atoms with van der Waals surface area (Å²) in [7, 11) is 0. The quantitative estimate of drug-likeness (QED) is 0.716. The number of aromatic nitrogens is 1. The molecule has 1 saturated heterocycles. The molecule has 2 N–H and O–H groups in total. The Hall–Kier alpha value is -3.45. The smallest absolute Gasteiger partial charge is 0.267 e. The Kier molecular flexibility index (Phi) is 5.39. The zero-order valence-electron chi connectivity index (χ0n) is 15.7. The first-order valence-electron chi connectivity index (χ1n) is 9.27. The highest BCUT2D eigenvalue weighted by molar-refractivity contribution is 5.92. The molecule has 0 bridgehead atoms. The lowest BCUT2D eigenvalue weighted by atomic mass is 10.1. The zero-order chi connectivity index (χ0) is 20.2. The molecule has 148 valence electrons. The van der Waals surface area contributed by atoms with Crippen molar-refractivity contribution in [3.8, 4) is 22.8 Å². The highest BCUT2D eigenvalue weighted by Gasteiger charge is 2.16. The first kappa shape index (κ1) is 18.9. The number of ether oxygens (including phenoxy) is 2. The van der Waals surface area contributed by atoms with Crippen molar-refractivity contribution in [3.63, 3.8) is 0 Å². The van der Waals surface area contributed by atoms with Gasteiger partial charge in [-0.05, 0) is 60.7 Å². The number of rotatable bonds is 5. The van der Waals surface area contributed by atoms with Crippen LogP contribution in [0.3, 0.4) is 0 Å². The largest absolute Gasteiger partial charge is 0.457 e. The molecule has 3 aromatic rings. The SMILES string of the molecule is NC(=O)c1cc(N2CCOCC2)cc(-c2ccc(Oc3ccc(F)cc3)cc2)n1. The number of anilines is 1. The van der Waals surface area contributed by atoms with Crippen LogP contribution in [0.25, 0.3) is 11.3 Å². The molecule has 0 saturated carbocycles. The van der Waals surface area contributed by atoms with Crippen LogP contribution in [0.1, 0.15) is 10.5 Å². The highest BCUT2D eigenvalue weighted by atomic mass is 19.1. The number of pyridine rings is 1. The topological polar surface area (TPSA) is 77.7 Å². The molecule has 0 atom stereocenters. The maximum atomic E-state index is 13.0. The lowest BCUT2D eigenvalue weighted by molar-refractivity contribution is 0.0995. The molecular formula is C22H20FN3O3. The third-order valence-corrected chi connectivity index (χ3v) is 4.64. The number of carbonyl (C=O) groups excluding carboxylic acids is 1. The normalized spacial score (nSPS) is 13.9. The number of amides is 1. The molecule has 2 aromatic carbocycles. The van der Waals surface area contributed by atoms with E-state index in [2.05, 4.69) is 9.88 Å². The predicted octanol–water partition coefficient (Wildman–Crippen LogP) is 3.62. The Balaban J connectivity index is 1.60. The van der Waals surface area contributed by atoms with Gasteiger partial charge in [0.05, 0.1) is 18.9 Å². The number of primary amides is 1. The van der Waals surface area contributed by atoms with Crippen LogP contribution >= 0.6 is 0 Å². The van der Waals surface area contributed by atoms with Crippen molar-refractivity contribution >= 4 is 11.6 Å². The van der Waals surface area contributed by atoms with Gasteiger partial charge in [0.1, 0.15) is 23.0 Å². The Morgan fingerprint density at radius 2 is 1.62 bits per heavy atom. The molecule has 0 spiro atoms. The molecule has 0 aliphatic carbocycles. The Bertz CT molecular complexity index is 1000. The van der Waals surface area contributed by atoms with Gasteiger partial charge < -0.3 is 20.1 Å². The fraction of sp³-hybridized carbons (Fsp3) is 0.182. The summed E-state index contributed by atoms with van der Waals surface area (Å²) in [5.41, 5.74) is 8.07. The monoisotopic (exact) mass is 393 g/mol. The summed E-state index contributed by atoms with van der Waals surface area (Å²) < 4.78 is 24.1. The van der Waals surface area contributed by atoms with Gasteiger partial charge >= 0.3 is 0 Å². The van der Waals surface area contributed by atoms with E-state index in [0.29, 0.717) is 30.4 Å². The number of carbonyl (C=O) groups is 1. The molecule has 1 fully saturated rings. The number of nitrogens with zero attached hydrogens (tertiary/aromatic N) is 2. The molecule has 0 unspecified atom stereocenters. The van der Waals surface area contributed by atoms with Crippen LogP contribution in [0, 0.1) is 5.82 Å². The highest BCUT2D eigenvalue weighted by Crippen LogP contribution is 2.28. The van der Waals surface area contributed by atoms with E-state index >= 15 is 0 Å². The summed E-state index contributed by atoms with van der Waals surface area (Å²) in [6, 6.07) is 16.8. The van der Waals surface area contributed by atoms with Crippen molar-refractivity contribution in [2.75, 3.05) is 31.2 Å². The number of hydrogen-bond acceptors (Lipinski definition) is 5. The van der Waals surface area contributed by atoms with E-state index in [1.807, 2.05) is 18.2 Å². The molecular weight excluding hydrogens is 373 g/mol. The Labute approximate surface area is 167 Å². The van der Waals surface area contributed by atoms with Gasteiger partial charge in [-0.1, -0.05) is 0 Å². The van der Waals surface area contributed by atoms with Crippen LogP contribution in [0.4, 0.5) is 10.1 Å². The van der Waals surface area contributed by atoms with Gasteiger partial charge in [0.2, 0.25) is 0 Å². The van der Waals surface area contributed by atoms with Crippen LogP contribution in [-0.4, -0.2) is 37.2 Å². The molecule has 1 aliphatic heterocycles. The molecule has 29 heavy (non-hydrogen) atoms. The van der Waals surface area contributed by atoms with Gasteiger partial charge in [-0.2, -0.15) is 0 Å². The minimum atomic E-state index is -0.572. The molecule has 7 heteroatoms. The lowest BCUT2D eigenvalue weighted by Gasteiger charge is -2.29. The number of benzene rings is 2. The average Bonchev–Trinajstić information content (AvgIpc) is 2.76. The summed E-state index contributed by atoms with van der Waals surface area (Å²) in [4.78, 5) is 18.3. The molecule has 2 heterocycles. The third kappa shape index (κ3) is 4.52. The third-order valence-electron chi connectivity index (χ3n) is 4.64. The first-order chi connectivity index (χ1) is 14.1. The van der Waals surface area contributed by atoms with Crippen LogP contribution in [0.2, 0.25) is 0 Å². The minimum absolute atomic E-state index is 0.218. The molecule has 1 aromatic heterocycles. The van der Waals surface area contributed by atoms with Crippen molar-refractivity contribution in [2.45, 2.75) is 0 Å². The van der Waals surface area contributed by atoms with Crippen LogP contribution in [0.15, 0.2) is 60.7 Å². The molecule has 0 radical (unpaired) electrons. The summed E-state index contributed by atoms with van der Waals surface area (Å²) in [5, 5.41) is 0. The van der Waals surface area contributed by atoms with Crippen LogP contribution in [0.5, 0.6) is 11.5 Å².